The first kappa shape index (κ1) is 36.5. The molecule has 0 fully saturated rings. The molecule has 4 heteroatoms. The van der Waals surface area contributed by atoms with Crippen molar-refractivity contribution in [3.63, 3.8) is 0 Å². The van der Waals surface area contributed by atoms with Crippen LogP contribution in [0.3, 0.4) is 0 Å². The minimum absolute atomic E-state index is 0.869. The fourth-order valence-corrected chi connectivity index (χ4v) is 11.0. The third kappa shape index (κ3) is 5.88. The lowest BCUT2D eigenvalue weighted by Crippen LogP contribution is -2.10. The fourth-order valence-electron chi connectivity index (χ4n) is 9.80. The largest absolute Gasteiger partial charge is 0.454 e. The van der Waals surface area contributed by atoms with Crippen molar-refractivity contribution >= 4 is 92.3 Å². The predicted molar refractivity (Wildman–Crippen MR) is 272 cm³/mol. The Morgan fingerprint density at radius 2 is 0.953 bits per heavy atom. The van der Waals surface area contributed by atoms with Crippen LogP contribution in [0.1, 0.15) is 0 Å². The number of fused-ring (bicyclic) bond motifs is 9. The number of thiophene rings is 1. The number of para-hydroxylation sites is 4. The van der Waals surface area contributed by atoms with Crippen LogP contribution in [0.2, 0.25) is 0 Å². The summed E-state index contributed by atoms with van der Waals surface area (Å²) >= 11 is 1.85. The molecule has 3 heterocycles. The van der Waals surface area contributed by atoms with E-state index < -0.39 is 0 Å². The molecule has 300 valence electrons. The maximum absolute atomic E-state index is 6.75. The van der Waals surface area contributed by atoms with Gasteiger partial charge in [-0.15, -0.1) is 11.3 Å². The fraction of sp³-hybridized carbons (Fsp3) is 0. The van der Waals surface area contributed by atoms with E-state index in [-0.39, 0.29) is 0 Å². The van der Waals surface area contributed by atoms with Crippen molar-refractivity contribution in [2.45, 2.75) is 0 Å². The maximum atomic E-state index is 6.75. The van der Waals surface area contributed by atoms with Crippen molar-refractivity contribution in [2.24, 2.45) is 0 Å². The lowest BCUT2D eigenvalue weighted by atomic mass is 9.97. The van der Waals surface area contributed by atoms with Gasteiger partial charge in [-0.1, -0.05) is 152 Å². The van der Waals surface area contributed by atoms with E-state index in [1.165, 1.54) is 64.2 Å². The maximum Gasteiger partial charge on any atom is 0.159 e. The Morgan fingerprint density at radius 1 is 0.359 bits per heavy atom. The molecule has 0 aliphatic carbocycles. The summed E-state index contributed by atoms with van der Waals surface area (Å²) in [5.74, 6) is 0. The highest BCUT2D eigenvalue weighted by Crippen LogP contribution is 2.49. The number of hydrogen-bond acceptors (Lipinski definition) is 3. The second kappa shape index (κ2) is 14.7. The van der Waals surface area contributed by atoms with Gasteiger partial charge in [0.15, 0.2) is 5.58 Å². The van der Waals surface area contributed by atoms with Crippen molar-refractivity contribution in [3.8, 4) is 39.1 Å². The number of furan rings is 1. The van der Waals surface area contributed by atoms with E-state index in [4.69, 9.17) is 4.42 Å². The number of hydrogen-bond donors (Lipinski definition) is 0. The van der Waals surface area contributed by atoms with Crippen molar-refractivity contribution in [3.05, 3.63) is 231 Å². The topological polar surface area (TPSA) is 21.3 Å². The minimum Gasteiger partial charge on any atom is -0.454 e. The quantitative estimate of drug-likeness (QED) is 0.159. The van der Waals surface area contributed by atoms with E-state index in [1.807, 2.05) is 17.4 Å². The summed E-state index contributed by atoms with van der Waals surface area (Å²) in [5.41, 5.74) is 15.5. The highest BCUT2D eigenvalue weighted by Gasteiger charge is 2.24. The van der Waals surface area contributed by atoms with E-state index in [2.05, 4.69) is 234 Å². The van der Waals surface area contributed by atoms with Gasteiger partial charge in [0.25, 0.3) is 0 Å². The molecular formula is C60H38N2OS. The summed E-state index contributed by atoms with van der Waals surface area (Å²) in [6, 6.07) is 83.5. The van der Waals surface area contributed by atoms with Gasteiger partial charge in [-0.2, -0.15) is 0 Å². The second-order valence-corrected chi connectivity index (χ2v) is 17.5. The highest BCUT2D eigenvalue weighted by molar-refractivity contribution is 7.26. The zero-order valence-electron chi connectivity index (χ0n) is 34.7. The normalized spacial score (nSPS) is 11.8. The molecule has 0 N–H and O–H groups in total. The van der Waals surface area contributed by atoms with Crippen LogP contribution >= 0.6 is 11.3 Å². The Morgan fingerprint density at radius 3 is 1.72 bits per heavy atom. The van der Waals surface area contributed by atoms with Crippen LogP contribution in [0.25, 0.3) is 103 Å². The third-order valence-corrected chi connectivity index (χ3v) is 13.9. The predicted octanol–water partition coefficient (Wildman–Crippen LogP) is 17.5. The average molecular weight is 835 g/mol. The molecule has 10 aromatic carbocycles. The van der Waals surface area contributed by atoms with E-state index in [0.717, 1.165) is 55.8 Å². The van der Waals surface area contributed by atoms with Crippen molar-refractivity contribution in [2.75, 3.05) is 4.90 Å². The van der Waals surface area contributed by atoms with Crippen LogP contribution in [-0.2, 0) is 0 Å². The molecule has 0 unspecified atom stereocenters. The molecule has 13 rings (SSSR count). The molecule has 0 saturated carbocycles. The summed E-state index contributed by atoms with van der Waals surface area (Å²) < 4.78 is 11.7. The van der Waals surface area contributed by atoms with Crippen LogP contribution in [-0.4, -0.2) is 4.57 Å². The molecule has 0 spiro atoms. The van der Waals surface area contributed by atoms with Gasteiger partial charge in [0.2, 0.25) is 0 Å². The molecule has 0 aliphatic heterocycles. The Labute approximate surface area is 373 Å². The molecule has 0 amide bonds. The van der Waals surface area contributed by atoms with E-state index in [0.29, 0.717) is 0 Å². The Kier molecular flexibility index (Phi) is 8.40. The average Bonchev–Trinajstić information content (AvgIpc) is 4.05. The summed E-state index contributed by atoms with van der Waals surface area (Å²) in [7, 11) is 0. The lowest BCUT2D eigenvalue weighted by molar-refractivity contribution is 0.669. The number of nitrogens with zero attached hydrogens (tertiary/aromatic N) is 2. The smallest absolute Gasteiger partial charge is 0.159 e. The first-order chi connectivity index (χ1) is 31.7. The van der Waals surface area contributed by atoms with E-state index >= 15 is 0 Å². The minimum atomic E-state index is 0.869. The van der Waals surface area contributed by atoms with Gasteiger partial charge in [-0.3, -0.25) is 0 Å². The van der Waals surface area contributed by atoms with Crippen LogP contribution in [0.5, 0.6) is 0 Å². The lowest BCUT2D eigenvalue weighted by Gasteiger charge is -2.26. The first-order valence-corrected chi connectivity index (χ1v) is 22.6. The van der Waals surface area contributed by atoms with Crippen LogP contribution in [0.4, 0.5) is 17.1 Å². The number of aromatic nitrogens is 1. The summed E-state index contributed by atoms with van der Waals surface area (Å²) in [6.07, 6.45) is 0. The Bertz CT molecular complexity index is 3840. The van der Waals surface area contributed by atoms with Crippen molar-refractivity contribution < 1.29 is 4.42 Å². The summed E-state index contributed by atoms with van der Waals surface area (Å²) in [5, 5.41) is 7.14. The molecule has 0 radical (unpaired) electrons. The van der Waals surface area contributed by atoms with Crippen LogP contribution in [0, 0.1) is 0 Å². The summed E-state index contributed by atoms with van der Waals surface area (Å²) in [4.78, 5) is 2.40. The van der Waals surface area contributed by atoms with Crippen LogP contribution < -0.4 is 4.90 Å². The van der Waals surface area contributed by atoms with Crippen molar-refractivity contribution in [1.29, 1.82) is 0 Å². The molecule has 0 bridgehead atoms. The van der Waals surface area contributed by atoms with Gasteiger partial charge in [-0.05, 0) is 112 Å². The van der Waals surface area contributed by atoms with Gasteiger partial charge in [0.05, 0.1) is 27.1 Å². The third-order valence-electron chi connectivity index (χ3n) is 12.7. The van der Waals surface area contributed by atoms with Gasteiger partial charge < -0.3 is 13.9 Å². The Hall–Kier alpha value is -8.18. The molecular weight excluding hydrogens is 797 g/mol. The highest BCUT2D eigenvalue weighted by atomic mass is 32.1. The van der Waals surface area contributed by atoms with E-state index in [1.54, 1.807) is 0 Å². The summed E-state index contributed by atoms with van der Waals surface area (Å²) in [6.45, 7) is 0. The molecule has 13 aromatic rings. The zero-order valence-corrected chi connectivity index (χ0v) is 35.5. The second-order valence-electron chi connectivity index (χ2n) is 16.5. The number of rotatable bonds is 7. The van der Waals surface area contributed by atoms with Crippen molar-refractivity contribution in [1.82, 2.24) is 4.57 Å². The standard InChI is InChI=1S/C60H38N2OS/c1-4-17-39(18-5-1)42-33-43(40-19-6-2-7-20-40)35-46(34-42)62-53-27-13-10-23-47(53)51-36-41(31-32-54(51)62)44-37-52-49-25-12-15-30-58(49)64-60(52)56(38-44)61(45-21-8-3-9-22-45)55-28-16-26-50-48-24-11-14-29-57(48)63-59(50)55/h1-38H. The number of benzene rings is 10. The molecule has 0 atom stereocenters. The SMILES string of the molecule is c1ccc(-c2cc(-c3ccccc3)cc(-n3c4ccccc4c4cc(-c5cc(N(c6ccccc6)c6cccc7c6oc6ccccc67)c6sc7ccccc7c6c5)ccc43)c2)cc1. The Balaban J connectivity index is 1.05. The van der Waals surface area contributed by atoms with Crippen LogP contribution in [0.15, 0.2) is 235 Å². The zero-order chi connectivity index (χ0) is 42.1. The van der Waals surface area contributed by atoms with Gasteiger partial charge in [-0.25, -0.2) is 0 Å². The van der Waals surface area contributed by atoms with Gasteiger partial charge >= 0.3 is 0 Å². The molecule has 3 nitrogen and oxygen atoms in total. The molecule has 0 aliphatic rings. The molecule has 0 saturated heterocycles. The molecule has 3 aromatic heterocycles. The monoisotopic (exact) mass is 834 g/mol. The first-order valence-electron chi connectivity index (χ1n) is 21.7. The van der Waals surface area contributed by atoms with Gasteiger partial charge in [0, 0.05) is 48.4 Å². The number of anilines is 3. The van der Waals surface area contributed by atoms with E-state index in [9.17, 15) is 0 Å². The molecule has 64 heavy (non-hydrogen) atoms. The van der Waals surface area contributed by atoms with Gasteiger partial charge in [0.1, 0.15) is 5.58 Å².